The SMILES string of the molecule is O=C(Cc1csc(N2CCCC2=O)n1)NCc1ccc(-c2nc3ccccc3s2)o1. The van der Waals surface area contributed by atoms with Crippen LogP contribution in [0.3, 0.4) is 0 Å². The normalized spacial score (nSPS) is 14.0. The van der Waals surface area contributed by atoms with Crippen molar-refractivity contribution >= 4 is 49.8 Å². The number of benzene rings is 1. The number of amides is 2. The van der Waals surface area contributed by atoms with Gasteiger partial charge in [-0.3, -0.25) is 14.5 Å². The van der Waals surface area contributed by atoms with Crippen LogP contribution in [0.4, 0.5) is 5.13 Å². The number of fused-ring (bicyclic) bond motifs is 1. The molecular formula is C21H18N4O3S2. The van der Waals surface area contributed by atoms with Gasteiger partial charge in [0.2, 0.25) is 11.8 Å². The first-order chi connectivity index (χ1) is 14.7. The van der Waals surface area contributed by atoms with Crippen molar-refractivity contribution in [3.8, 4) is 10.8 Å². The van der Waals surface area contributed by atoms with Crippen LogP contribution in [0.5, 0.6) is 0 Å². The number of carbonyl (C=O) groups is 2. The van der Waals surface area contributed by atoms with Crippen LogP contribution < -0.4 is 10.2 Å². The summed E-state index contributed by atoms with van der Waals surface area (Å²) in [7, 11) is 0. The number of para-hydroxylation sites is 1. The average Bonchev–Trinajstić information content (AvgIpc) is 3.52. The van der Waals surface area contributed by atoms with Crippen molar-refractivity contribution in [3.05, 3.63) is 53.2 Å². The Balaban J connectivity index is 1.18. The Morgan fingerprint density at radius 1 is 1.20 bits per heavy atom. The third-order valence-corrected chi connectivity index (χ3v) is 6.78. The molecule has 1 aliphatic heterocycles. The first-order valence-electron chi connectivity index (χ1n) is 9.62. The number of furan rings is 1. The Morgan fingerprint density at radius 2 is 2.10 bits per heavy atom. The van der Waals surface area contributed by atoms with Crippen LogP contribution in [0.15, 0.2) is 46.2 Å². The summed E-state index contributed by atoms with van der Waals surface area (Å²) in [4.78, 5) is 34.8. The molecule has 30 heavy (non-hydrogen) atoms. The van der Waals surface area contributed by atoms with E-state index in [9.17, 15) is 9.59 Å². The number of thiazole rings is 2. The highest BCUT2D eigenvalue weighted by atomic mass is 32.1. The molecule has 0 radical (unpaired) electrons. The molecule has 0 bridgehead atoms. The van der Waals surface area contributed by atoms with Gasteiger partial charge in [-0.05, 0) is 30.7 Å². The van der Waals surface area contributed by atoms with Gasteiger partial charge < -0.3 is 9.73 Å². The Hall–Kier alpha value is -3.04. The summed E-state index contributed by atoms with van der Waals surface area (Å²) in [6.07, 6.45) is 1.60. The predicted octanol–water partition coefficient (Wildman–Crippen LogP) is 4.00. The van der Waals surface area contributed by atoms with E-state index in [1.807, 2.05) is 41.8 Å². The van der Waals surface area contributed by atoms with Gasteiger partial charge in [0.1, 0.15) is 5.76 Å². The second-order valence-electron chi connectivity index (χ2n) is 6.98. The van der Waals surface area contributed by atoms with Gasteiger partial charge in [-0.15, -0.1) is 22.7 Å². The molecule has 9 heteroatoms. The topological polar surface area (TPSA) is 88.3 Å². The highest BCUT2D eigenvalue weighted by Gasteiger charge is 2.24. The van der Waals surface area contributed by atoms with E-state index in [1.165, 1.54) is 11.3 Å². The zero-order chi connectivity index (χ0) is 20.5. The van der Waals surface area contributed by atoms with Crippen molar-refractivity contribution in [2.75, 3.05) is 11.4 Å². The van der Waals surface area contributed by atoms with Crippen LogP contribution in [0.1, 0.15) is 24.3 Å². The van der Waals surface area contributed by atoms with Crippen molar-refractivity contribution in [1.82, 2.24) is 15.3 Å². The van der Waals surface area contributed by atoms with Gasteiger partial charge in [0.05, 0.1) is 28.9 Å². The van der Waals surface area contributed by atoms with E-state index in [0.29, 0.717) is 41.9 Å². The van der Waals surface area contributed by atoms with E-state index in [4.69, 9.17) is 4.42 Å². The molecule has 1 N–H and O–H groups in total. The van der Waals surface area contributed by atoms with E-state index < -0.39 is 0 Å². The molecule has 0 saturated carbocycles. The standard InChI is InChI=1S/C21H18N4O3S2/c26-18(10-13-12-29-21(23-13)25-9-3-6-19(25)27)22-11-14-7-8-16(28-14)20-24-15-4-1-2-5-17(15)30-20/h1-2,4-5,7-8,12H,3,6,9-11H2,(H,22,26). The molecule has 1 saturated heterocycles. The van der Waals surface area contributed by atoms with E-state index in [-0.39, 0.29) is 18.2 Å². The number of hydrogen-bond acceptors (Lipinski definition) is 7. The van der Waals surface area contributed by atoms with E-state index in [1.54, 1.807) is 16.2 Å². The smallest absolute Gasteiger partial charge is 0.228 e. The molecule has 0 spiro atoms. The fraction of sp³-hybridized carbons (Fsp3) is 0.238. The zero-order valence-electron chi connectivity index (χ0n) is 16.0. The number of nitrogens with one attached hydrogen (secondary N) is 1. The van der Waals surface area contributed by atoms with Crippen LogP contribution in [-0.4, -0.2) is 28.3 Å². The van der Waals surface area contributed by atoms with Crippen LogP contribution >= 0.6 is 22.7 Å². The minimum absolute atomic E-state index is 0.0992. The largest absolute Gasteiger partial charge is 0.457 e. The lowest BCUT2D eigenvalue weighted by Crippen LogP contribution is -2.25. The maximum Gasteiger partial charge on any atom is 0.228 e. The van der Waals surface area contributed by atoms with Crippen LogP contribution in [0.2, 0.25) is 0 Å². The minimum Gasteiger partial charge on any atom is -0.457 e. The third-order valence-electron chi connectivity index (χ3n) is 4.81. The third kappa shape index (κ3) is 3.86. The molecule has 1 fully saturated rings. The number of anilines is 1. The van der Waals surface area contributed by atoms with Gasteiger partial charge in [0.25, 0.3) is 0 Å². The van der Waals surface area contributed by atoms with Crippen LogP contribution in [0, 0.1) is 0 Å². The summed E-state index contributed by atoms with van der Waals surface area (Å²) in [5.74, 6) is 1.32. The molecule has 5 rings (SSSR count). The molecule has 0 aliphatic carbocycles. The maximum absolute atomic E-state index is 12.3. The molecule has 4 heterocycles. The van der Waals surface area contributed by atoms with Gasteiger partial charge in [-0.1, -0.05) is 12.1 Å². The molecule has 2 amide bonds. The number of carbonyl (C=O) groups excluding carboxylic acids is 2. The molecule has 3 aromatic heterocycles. The van der Waals surface area contributed by atoms with Crippen molar-refractivity contribution in [3.63, 3.8) is 0 Å². The van der Waals surface area contributed by atoms with E-state index in [2.05, 4.69) is 15.3 Å². The number of aromatic nitrogens is 2. The number of rotatable bonds is 6. The summed E-state index contributed by atoms with van der Waals surface area (Å²) >= 11 is 2.97. The van der Waals surface area contributed by atoms with Gasteiger partial charge >= 0.3 is 0 Å². The van der Waals surface area contributed by atoms with Crippen LogP contribution in [-0.2, 0) is 22.6 Å². The Kier molecular flexibility index (Phi) is 5.06. The van der Waals surface area contributed by atoms with Gasteiger partial charge in [-0.2, -0.15) is 0 Å². The molecule has 1 aliphatic rings. The summed E-state index contributed by atoms with van der Waals surface area (Å²) in [6, 6.07) is 11.7. The maximum atomic E-state index is 12.3. The van der Waals surface area contributed by atoms with Crippen molar-refractivity contribution < 1.29 is 14.0 Å². The first-order valence-corrected chi connectivity index (χ1v) is 11.3. The molecule has 152 valence electrons. The molecule has 7 nitrogen and oxygen atoms in total. The Bertz CT molecular complexity index is 1190. The lowest BCUT2D eigenvalue weighted by atomic mass is 10.3. The molecule has 1 aromatic carbocycles. The molecular weight excluding hydrogens is 420 g/mol. The molecule has 4 aromatic rings. The van der Waals surface area contributed by atoms with Crippen molar-refractivity contribution in [1.29, 1.82) is 0 Å². The van der Waals surface area contributed by atoms with Crippen molar-refractivity contribution in [2.24, 2.45) is 0 Å². The van der Waals surface area contributed by atoms with Gasteiger partial charge in [0.15, 0.2) is 15.9 Å². The summed E-state index contributed by atoms with van der Waals surface area (Å²) in [6.45, 7) is 0.999. The highest BCUT2D eigenvalue weighted by molar-refractivity contribution is 7.21. The fourth-order valence-corrected chi connectivity index (χ4v) is 5.13. The quantitative estimate of drug-likeness (QED) is 0.492. The fourth-order valence-electron chi connectivity index (χ4n) is 3.33. The van der Waals surface area contributed by atoms with E-state index in [0.717, 1.165) is 21.6 Å². The number of nitrogens with zero attached hydrogens (tertiary/aromatic N) is 3. The number of hydrogen-bond donors (Lipinski definition) is 1. The summed E-state index contributed by atoms with van der Waals surface area (Å²) < 4.78 is 6.97. The van der Waals surface area contributed by atoms with Gasteiger partial charge in [0, 0.05) is 18.3 Å². The highest BCUT2D eigenvalue weighted by Crippen LogP contribution is 2.31. The van der Waals surface area contributed by atoms with Crippen molar-refractivity contribution in [2.45, 2.75) is 25.8 Å². The lowest BCUT2D eigenvalue weighted by molar-refractivity contribution is -0.120. The average molecular weight is 439 g/mol. The Labute approximate surface area is 180 Å². The second kappa shape index (κ2) is 8.00. The minimum atomic E-state index is -0.141. The molecule has 0 atom stereocenters. The second-order valence-corrected chi connectivity index (χ2v) is 8.84. The lowest BCUT2D eigenvalue weighted by Gasteiger charge is -2.10. The van der Waals surface area contributed by atoms with Gasteiger partial charge in [-0.25, -0.2) is 9.97 Å². The first kappa shape index (κ1) is 19.0. The predicted molar refractivity (Wildman–Crippen MR) is 117 cm³/mol. The zero-order valence-corrected chi connectivity index (χ0v) is 17.6. The summed E-state index contributed by atoms with van der Waals surface area (Å²) in [5, 5.41) is 6.19. The monoisotopic (exact) mass is 438 g/mol. The summed E-state index contributed by atoms with van der Waals surface area (Å²) in [5.41, 5.74) is 1.61. The Morgan fingerprint density at radius 3 is 2.93 bits per heavy atom. The van der Waals surface area contributed by atoms with E-state index >= 15 is 0 Å². The molecule has 0 unspecified atom stereocenters. The van der Waals surface area contributed by atoms with Crippen LogP contribution in [0.25, 0.3) is 21.0 Å².